The number of phenolic OH excluding ortho intramolecular Hbond substituents is 1. The van der Waals surface area contributed by atoms with Crippen molar-refractivity contribution in [1.82, 2.24) is 4.90 Å². The van der Waals surface area contributed by atoms with Crippen LogP contribution in [0.25, 0.3) is 11.0 Å². The maximum Gasteiger partial charge on any atom is 0.228 e. The van der Waals surface area contributed by atoms with Crippen molar-refractivity contribution in [1.29, 1.82) is 0 Å². The van der Waals surface area contributed by atoms with Crippen molar-refractivity contribution in [2.75, 3.05) is 32.8 Å². The first-order valence-corrected chi connectivity index (χ1v) is 9.74. The lowest BCUT2D eigenvalue weighted by Gasteiger charge is -2.26. The lowest BCUT2D eigenvalue weighted by atomic mass is 10.0. The molecule has 1 fully saturated rings. The lowest BCUT2D eigenvalue weighted by Crippen LogP contribution is -2.37. The Morgan fingerprint density at radius 1 is 1.10 bits per heavy atom. The number of rotatable bonds is 6. The van der Waals surface area contributed by atoms with Gasteiger partial charge in [0.2, 0.25) is 5.78 Å². The summed E-state index contributed by atoms with van der Waals surface area (Å²) in [5.74, 6) is -0.258. The van der Waals surface area contributed by atoms with Crippen LogP contribution in [0.5, 0.6) is 5.75 Å². The van der Waals surface area contributed by atoms with Crippen molar-refractivity contribution in [3.05, 3.63) is 64.9 Å². The average Bonchev–Trinajstić information content (AvgIpc) is 3.07. The number of benzene rings is 2. The van der Waals surface area contributed by atoms with Crippen molar-refractivity contribution >= 4 is 22.5 Å². The average molecular weight is 393 g/mol. The van der Waals surface area contributed by atoms with Crippen molar-refractivity contribution in [2.45, 2.75) is 13.3 Å². The number of hydrogen-bond donors (Lipinski definition) is 1. The van der Waals surface area contributed by atoms with Crippen LogP contribution in [0.15, 0.2) is 46.9 Å². The number of phenols is 1. The summed E-state index contributed by atoms with van der Waals surface area (Å²) in [6.45, 7) is 5.40. The summed E-state index contributed by atoms with van der Waals surface area (Å²) in [6.07, 6.45) is 0.311. The van der Waals surface area contributed by atoms with Gasteiger partial charge in [-0.15, -0.1) is 0 Å². The third-order valence-electron chi connectivity index (χ3n) is 5.36. The van der Waals surface area contributed by atoms with Crippen LogP contribution in [-0.4, -0.2) is 54.4 Å². The van der Waals surface area contributed by atoms with Gasteiger partial charge in [-0.3, -0.25) is 14.5 Å². The summed E-state index contributed by atoms with van der Waals surface area (Å²) in [7, 11) is 0. The second-order valence-electron chi connectivity index (χ2n) is 7.24. The molecule has 2 heterocycles. The van der Waals surface area contributed by atoms with Gasteiger partial charge in [0, 0.05) is 48.6 Å². The van der Waals surface area contributed by atoms with E-state index in [0.717, 1.165) is 13.1 Å². The quantitative estimate of drug-likeness (QED) is 0.645. The molecule has 4 rings (SSSR count). The van der Waals surface area contributed by atoms with E-state index in [0.29, 0.717) is 48.3 Å². The first-order valence-electron chi connectivity index (χ1n) is 9.74. The third-order valence-corrected chi connectivity index (χ3v) is 5.36. The van der Waals surface area contributed by atoms with Gasteiger partial charge >= 0.3 is 0 Å². The van der Waals surface area contributed by atoms with Gasteiger partial charge < -0.3 is 14.3 Å². The molecule has 0 saturated carbocycles. The number of fused-ring (bicyclic) bond motifs is 1. The summed E-state index contributed by atoms with van der Waals surface area (Å²) in [5, 5.41) is 11.0. The standard InChI is InChI=1S/C23H23NO5/c1-15-17-13-18(19(25)7-8-24-9-11-28-12-10-24)20(26)14-21(17)29-23(15)22(27)16-5-3-2-4-6-16/h2-6,13-14,26H,7-12H2,1H3. The van der Waals surface area contributed by atoms with E-state index < -0.39 is 0 Å². The molecule has 0 bridgehead atoms. The maximum atomic E-state index is 12.8. The number of aromatic hydroxyl groups is 1. The Labute approximate surface area is 168 Å². The molecule has 29 heavy (non-hydrogen) atoms. The molecule has 3 aromatic rings. The fourth-order valence-corrected chi connectivity index (χ4v) is 3.64. The molecule has 0 radical (unpaired) electrons. The van der Waals surface area contributed by atoms with Crippen LogP contribution < -0.4 is 0 Å². The minimum atomic E-state index is -0.223. The van der Waals surface area contributed by atoms with E-state index in [4.69, 9.17) is 9.15 Å². The van der Waals surface area contributed by atoms with Crippen molar-refractivity contribution in [3.8, 4) is 5.75 Å². The Morgan fingerprint density at radius 2 is 1.83 bits per heavy atom. The number of ketones is 2. The zero-order valence-corrected chi connectivity index (χ0v) is 16.3. The van der Waals surface area contributed by atoms with Gasteiger partial charge in [0.05, 0.1) is 18.8 Å². The predicted molar refractivity (Wildman–Crippen MR) is 109 cm³/mol. The third kappa shape index (κ3) is 3.95. The van der Waals surface area contributed by atoms with Crippen molar-refractivity contribution < 1.29 is 23.8 Å². The van der Waals surface area contributed by atoms with E-state index in [2.05, 4.69) is 4.90 Å². The summed E-state index contributed by atoms with van der Waals surface area (Å²) in [6, 6.07) is 11.9. The number of carbonyl (C=O) groups is 2. The fraction of sp³-hybridized carbons (Fsp3) is 0.304. The molecule has 0 spiro atoms. The Kier molecular flexibility index (Phi) is 5.47. The molecule has 1 aliphatic rings. The molecule has 2 aromatic carbocycles. The van der Waals surface area contributed by atoms with Gasteiger partial charge in [0.1, 0.15) is 11.3 Å². The molecule has 1 N–H and O–H groups in total. The molecular formula is C23H23NO5. The number of nitrogens with zero attached hydrogens (tertiary/aromatic N) is 1. The van der Waals surface area contributed by atoms with E-state index in [1.165, 1.54) is 6.07 Å². The number of furan rings is 1. The minimum Gasteiger partial charge on any atom is -0.507 e. The molecule has 0 unspecified atom stereocenters. The molecule has 1 aromatic heterocycles. The van der Waals surface area contributed by atoms with E-state index in [9.17, 15) is 14.7 Å². The van der Waals surface area contributed by atoms with Gasteiger partial charge in [0.15, 0.2) is 11.5 Å². The Hall–Kier alpha value is -2.96. The van der Waals surface area contributed by atoms with E-state index in [1.54, 1.807) is 37.3 Å². The summed E-state index contributed by atoms with van der Waals surface area (Å²) >= 11 is 0. The van der Waals surface area contributed by atoms with Crippen LogP contribution >= 0.6 is 0 Å². The van der Waals surface area contributed by atoms with Gasteiger partial charge in [-0.2, -0.15) is 0 Å². The molecule has 6 nitrogen and oxygen atoms in total. The first kappa shape index (κ1) is 19.4. The molecule has 1 saturated heterocycles. The van der Waals surface area contributed by atoms with E-state index in [1.807, 2.05) is 6.07 Å². The van der Waals surface area contributed by atoms with Crippen molar-refractivity contribution in [3.63, 3.8) is 0 Å². The predicted octanol–water partition coefficient (Wildman–Crippen LogP) is 3.58. The van der Waals surface area contributed by atoms with Crippen LogP contribution in [0, 0.1) is 6.92 Å². The molecule has 0 aliphatic carbocycles. The van der Waals surface area contributed by atoms with Crippen LogP contribution in [0.1, 0.15) is 38.5 Å². The number of carbonyl (C=O) groups excluding carboxylic acids is 2. The molecule has 150 valence electrons. The van der Waals surface area contributed by atoms with Gasteiger partial charge in [0.25, 0.3) is 0 Å². The number of morpholine rings is 1. The zero-order chi connectivity index (χ0) is 20.4. The summed E-state index contributed by atoms with van der Waals surface area (Å²) in [4.78, 5) is 27.7. The second-order valence-corrected chi connectivity index (χ2v) is 7.24. The SMILES string of the molecule is Cc1c(C(=O)c2ccccc2)oc2cc(O)c(C(=O)CCN3CCOCC3)cc12. The highest BCUT2D eigenvalue weighted by molar-refractivity contribution is 6.11. The fourth-order valence-electron chi connectivity index (χ4n) is 3.64. The molecule has 0 atom stereocenters. The van der Waals surface area contributed by atoms with E-state index >= 15 is 0 Å². The highest BCUT2D eigenvalue weighted by Gasteiger charge is 2.22. The molecule has 6 heteroatoms. The summed E-state index contributed by atoms with van der Waals surface area (Å²) < 4.78 is 11.1. The second kappa shape index (κ2) is 8.19. The Bertz CT molecular complexity index is 1050. The smallest absolute Gasteiger partial charge is 0.228 e. The molecular weight excluding hydrogens is 370 g/mol. The highest BCUT2D eigenvalue weighted by Crippen LogP contribution is 2.33. The van der Waals surface area contributed by atoms with Gasteiger partial charge in [-0.05, 0) is 13.0 Å². The Morgan fingerprint density at radius 3 is 2.55 bits per heavy atom. The monoisotopic (exact) mass is 393 g/mol. The summed E-state index contributed by atoms with van der Waals surface area (Å²) in [5.41, 5.74) is 1.84. The molecule has 0 amide bonds. The van der Waals surface area contributed by atoms with Crippen molar-refractivity contribution in [2.24, 2.45) is 0 Å². The van der Waals surface area contributed by atoms with Gasteiger partial charge in [-0.25, -0.2) is 0 Å². The number of ether oxygens (including phenoxy) is 1. The highest BCUT2D eigenvalue weighted by atomic mass is 16.5. The first-order chi connectivity index (χ1) is 14.0. The lowest BCUT2D eigenvalue weighted by molar-refractivity contribution is 0.0370. The zero-order valence-electron chi connectivity index (χ0n) is 16.3. The topological polar surface area (TPSA) is 80.0 Å². The van der Waals surface area contributed by atoms with Gasteiger partial charge in [-0.1, -0.05) is 30.3 Å². The van der Waals surface area contributed by atoms with Crippen LogP contribution in [-0.2, 0) is 4.74 Å². The maximum absolute atomic E-state index is 12.8. The number of aryl methyl sites for hydroxylation is 1. The number of Topliss-reactive ketones (excluding diaryl/α,β-unsaturated/α-hetero) is 1. The minimum absolute atomic E-state index is 0.128. The normalized spacial score (nSPS) is 14.9. The molecule has 1 aliphatic heterocycles. The number of hydrogen-bond acceptors (Lipinski definition) is 6. The van der Waals surface area contributed by atoms with Crippen LogP contribution in [0.3, 0.4) is 0 Å². The van der Waals surface area contributed by atoms with Crippen LogP contribution in [0.4, 0.5) is 0 Å². The van der Waals surface area contributed by atoms with E-state index in [-0.39, 0.29) is 28.6 Å². The van der Waals surface area contributed by atoms with Crippen LogP contribution in [0.2, 0.25) is 0 Å². The largest absolute Gasteiger partial charge is 0.507 e. The Balaban J connectivity index is 1.60.